The van der Waals surface area contributed by atoms with Gasteiger partial charge in [0.2, 0.25) is 5.95 Å². The van der Waals surface area contributed by atoms with E-state index in [1.807, 2.05) is 0 Å². The molecule has 22 heteroatoms. The first-order valence-corrected chi connectivity index (χ1v) is 12.7. The van der Waals surface area contributed by atoms with Crippen molar-refractivity contribution < 1.29 is 61.4 Å². The Kier molecular flexibility index (Phi) is 6.78. The van der Waals surface area contributed by atoms with Gasteiger partial charge in [-0.2, -0.15) is 9.29 Å². The van der Waals surface area contributed by atoms with Gasteiger partial charge in [0.1, 0.15) is 24.0 Å². The van der Waals surface area contributed by atoms with Gasteiger partial charge in [-0.05, 0) is 0 Å². The van der Waals surface area contributed by atoms with Crippen LogP contribution in [0.2, 0.25) is 0 Å². The van der Waals surface area contributed by atoms with Gasteiger partial charge < -0.3 is 45.0 Å². The van der Waals surface area contributed by atoms with Gasteiger partial charge in [-0.1, -0.05) is 0 Å². The lowest BCUT2D eigenvalue weighted by atomic mass is 10.1. The number of nitrogen functional groups attached to an aromatic ring is 1. The highest BCUT2D eigenvalue weighted by Gasteiger charge is 2.50. The van der Waals surface area contributed by atoms with Crippen LogP contribution in [0.15, 0.2) is 11.1 Å². The van der Waals surface area contributed by atoms with Crippen LogP contribution in [0.3, 0.4) is 0 Å². The summed E-state index contributed by atoms with van der Waals surface area (Å²) in [4.78, 5) is 66.4. The number of nitrogens with one attached hydrogen (secondary N) is 1. The predicted octanol–water partition coefficient (Wildman–Crippen LogP) is -2.34. The molecule has 1 aliphatic rings. The quantitative estimate of drug-likeness (QED) is 0.168. The van der Waals surface area contributed by atoms with Crippen molar-refractivity contribution in [2.75, 3.05) is 12.3 Å². The fourth-order valence-corrected chi connectivity index (χ4v) is 5.02. The van der Waals surface area contributed by atoms with E-state index in [0.29, 0.717) is 0 Å². The molecule has 0 amide bonds. The highest BCUT2D eigenvalue weighted by atomic mass is 31.3. The van der Waals surface area contributed by atoms with Crippen molar-refractivity contribution in [2.45, 2.75) is 24.5 Å². The minimum atomic E-state index is -5.45. The first-order valence-electron chi connectivity index (χ1n) is 8.10. The highest BCUT2D eigenvalue weighted by Crippen LogP contribution is 2.58. The van der Waals surface area contributed by atoms with Gasteiger partial charge in [-0.3, -0.25) is 18.4 Å². The summed E-state index contributed by atoms with van der Waals surface area (Å²) in [5, 5.41) is 10.5. The van der Waals surface area contributed by atoms with Crippen molar-refractivity contribution >= 4 is 40.6 Å². The molecule has 1 fully saturated rings. The Hall–Kier alpha value is -1.56. The molecule has 3 rings (SSSR count). The number of aromatic nitrogens is 4. The standard InChI is InChI=1S/C10H16N5O14P3/c11-10-13-7-4(8(17)14-10)12-2-15(7)9-5(16)6(28-30(18,19)20)3(27-9)1-26-32(24,25)29-31(21,22)23/h2-3,5-6,9,16H,1H2,(H,24,25)(H2,18,19,20)(H2,21,22,23)(H3,11,13,14,17)/t3-,5-,6-,9-/m1/s1. The average molecular weight is 523 g/mol. The summed E-state index contributed by atoms with van der Waals surface area (Å²) in [5.41, 5.74) is 4.32. The van der Waals surface area contributed by atoms with E-state index < -0.39 is 60.2 Å². The average Bonchev–Trinajstić information content (AvgIpc) is 3.12. The summed E-state index contributed by atoms with van der Waals surface area (Å²) in [5.74, 6) is -0.324. The van der Waals surface area contributed by atoms with E-state index in [2.05, 4.69) is 28.3 Å². The van der Waals surface area contributed by atoms with Crippen LogP contribution in [0.4, 0.5) is 5.95 Å². The van der Waals surface area contributed by atoms with Crippen LogP contribution in [0.1, 0.15) is 6.23 Å². The summed E-state index contributed by atoms with van der Waals surface area (Å²) in [6, 6.07) is 0. The van der Waals surface area contributed by atoms with Crippen LogP contribution in [0.25, 0.3) is 11.2 Å². The molecule has 1 unspecified atom stereocenters. The number of aliphatic hydroxyl groups excluding tert-OH is 1. The maximum atomic E-state index is 11.9. The maximum Gasteiger partial charge on any atom is 0.481 e. The van der Waals surface area contributed by atoms with Crippen LogP contribution in [0, 0.1) is 0 Å². The zero-order valence-corrected chi connectivity index (χ0v) is 18.0. The Labute approximate surface area is 175 Å². The zero-order chi connectivity index (χ0) is 24.1. The summed E-state index contributed by atoms with van der Waals surface area (Å²) < 4.78 is 52.6. The van der Waals surface area contributed by atoms with Crippen molar-refractivity contribution in [1.29, 1.82) is 0 Å². The van der Waals surface area contributed by atoms with Gasteiger partial charge in [0.15, 0.2) is 11.7 Å². The number of nitrogens with zero attached hydrogens (tertiary/aromatic N) is 3. The molecule has 0 aromatic carbocycles. The van der Waals surface area contributed by atoms with Crippen molar-refractivity contribution in [1.82, 2.24) is 19.5 Å². The molecule has 3 heterocycles. The Morgan fingerprint density at radius 3 is 2.44 bits per heavy atom. The number of ether oxygens (including phenoxy) is 1. The van der Waals surface area contributed by atoms with E-state index in [-0.39, 0.29) is 17.1 Å². The van der Waals surface area contributed by atoms with E-state index >= 15 is 0 Å². The van der Waals surface area contributed by atoms with Crippen LogP contribution in [-0.2, 0) is 31.8 Å². The number of H-pyrrole nitrogens is 1. The van der Waals surface area contributed by atoms with Crippen LogP contribution < -0.4 is 11.3 Å². The van der Waals surface area contributed by atoms with Gasteiger partial charge in [0, 0.05) is 0 Å². The number of phosphoric ester groups is 2. The Morgan fingerprint density at radius 2 is 1.84 bits per heavy atom. The Balaban J connectivity index is 1.91. The van der Waals surface area contributed by atoms with Gasteiger partial charge in [-0.15, -0.1) is 0 Å². The lowest BCUT2D eigenvalue weighted by Gasteiger charge is -2.21. The lowest BCUT2D eigenvalue weighted by molar-refractivity contribution is -0.0501. The SMILES string of the molecule is Nc1nc(=O)c2ncn([C@@H]3O[C@H](COP(=O)(O)OP(=O)(O)O)[C@@H](OP(=O)(O)O)[C@H]3O)c2[nH]1. The van der Waals surface area contributed by atoms with Crippen molar-refractivity contribution in [2.24, 2.45) is 0 Å². The molecule has 2 aromatic heterocycles. The second kappa shape index (κ2) is 8.66. The lowest BCUT2D eigenvalue weighted by Crippen LogP contribution is -2.35. The molecule has 0 saturated carbocycles. The number of imidazole rings is 1. The summed E-state index contributed by atoms with van der Waals surface area (Å²) >= 11 is 0. The van der Waals surface area contributed by atoms with Crippen molar-refractivity contribution in [3.05, 3.63) is 16.7 Å². The van der Waals surface area contributed by atoms with Crippen LogP contribution in [0.5, 0.6) is 0 Å². The third-order valence-electron chi connectivity index (χ3n) is 3.92. The third kappa shape index (κ3) is 5.86. The number of anilines is 1. The van der Waals surface area contributed by atoms with Crippen LogP contribution >= 0.6 is 23.5 Å². The van der Waals surface area contributed by atoms with Gasteiger partial charge in [-0.25, -0.2) is 18.7 Å². The normalized spacial score (nSPS) is 26.4. The molecule has 5 atom stereocenters. The second-order valence-electron chi connectivity index (χ2n) is 6.23. The number of aromatic amines is 1. The number of rotatable bonds is 8. The smallest absolute Gasteiger partial charge is 0.386 e. The molecule has 19 nitrogen and oxygen atoms in total. The minimum absolute atomic E-state index is 0.0966. The molecule has 9 N–H and O–H groups in total. The van der Waals surface area contributed by atoms with E-state index in [1.54, 1.807) is 0 Å². The van der Waals surface area contributed by atoms with Gasteiger partial charge in [0.05, 0.1) is 12.9 Å². The third-order valence-corrected chi connectivity index (χ3v) is 6.59. The number of fused-ring (bicyclic) bond motifs is 1. The largest absolute Gasteiger partial charge is 0.481 e. The summed E-state index contributed by atoms with van der Waals surface area (Å²) in [6.45, 7) is -1.08. The molecule has 180 valence electrons. The summed E-state index contributed by atoms with van der Waals surface area (Å²) in [6.07, 6.45) is -6.01. The molecular weight excluding hydrogens is 507 g/mol. The molecule has 2 aromatic rings. The molecule has 0 radical (unpaired) electrons. The topological polar surface area (TPSA) is 299 Å². The number of hydrogen-bond donors (Lipinski definition) is 8. The maximum absolute atomic E-state index is 11.9. The van der Waals surface area contributed by atoms with Crippen LogP contribution in [-0.4, -0.2) is 74.0 Å². The van der Waals surface area contributed by atoms with E-state index in [9.17, 15) is 28.5 Å². The molecule has 32 heavy (non-hydrogen) atoms. The molecule has 0 bridgehead atoms. The molecule has 1 aliphatic heterocycles. The molecule has 0 aliphatic carbocycles. The fraction of sp³-hybridized carbons (Fsp3) is 0.500. The molecular formula is C10H16N5O14P3. The minimum Gasteiger partial charge on any atom is -0.386 e. The van der Waals surface area contributed by atoms with Gasteiger partial charge >= 0.3 is 29.0 Å². The number of aliphatic hydroxyl groups is 1. The van der Waals surface area contributed by atoms with E-state index in [1.165, 1.54) is 0 Å². The monoisotopic (exact) mass is 523 g/mol. The van der Waals surface area contributed by atoms with Crippen molar-refractivity contribution in [3.8, 4) is 0 Å². The van der Waals surface area contributed by atoms with Gasteiger partial charge in [0.25, 0.3) is 0 Å². The first kappa shape index (κ1) is 25.1. The molecule has 1 saturated heterocycles. The second-order valence-corrected chi connectivity index (χ2v) is 10.3. The fourth-order valence-electron chi connectivity index (χ4n) is 2.84. The first-order chi connectivity index (χ1) is 14.6. The van der Waals surface area contributed by atoms with E-state index in [0.717, 1.165) is 10.9 Å². The van der Waals surface area contributed by atoms with Crippen molar-refractivity contribution in [3.63, 3.8) is 0 Å². The summed E-state index contributed by atoms with van der Waals surface area (Å²) in [7, 11) is -16.1. The number of phosphoric acid groups is 3. The highest BCUT2D eigenvalue weighted by molar-refractivity contribution is 7.60. The number of nitrogens with two attached hydrogens (primary N) is 1. The van der Waals surface area contributed by atoms with E-state index in [4.69, 9.17) is 30.0 Å². The Morgan fingerprint density at radius 1 is 1.19 bits per heavy atom. The molecule has 0 spiro atoms. The predicted molar refractivity (Wildman–Crippen MR) is 98.3 cm³/mol. The Bertz CT molecular complexity index is 1200. The zero-order valence-electron chi connectivity index (χ0n) is 15.3. The number of hydrogen-bond acceptors (Lipinski definition) is 12.